The van der Waals surface area contributed by atoms with Gasteiger partial charge in [0.15, 0.2) is 0 Å². The zero-order valence-electron chi connectivity index (χ0n) is 13.0. The summed E-state index contributed by atoms with van der Waals surface area (Å²) in [6.45, 7) is 5.39. The van der Waals surface area contributed by atoms with Crippen LogP contribution in [0.2, 0.25) is 0 Å². The van der Waals surface area contributed by atoms with Crippen LogP contribution in [0.5, 0.6) is 0 Å². The van der Waals surface area contributed by atoms with Crippen molar-refractivity contribution in [1.82, 2.24) is 18.8 Å². The van der Waals surface area contributed by atoms with Gasteiger partial charge in [-0.2, -0.15) is 8.75 Å². The number of nitrogens with one attached hydrogen (secondary N) is 2. The molecule has 1 amide bonds. The van der Waals surface area contributed by atoms with Crippen LogP contribution in [0.25, 0.3) is 11.0 Å². The summed E-state index contributed by atoms with van der Waals surface area (Å²) < 4.78 is 40.1. The van der Waals surface area contributed by atoms with E-state index in [0.29, 0.717) is 11.0 Å². The third kappa shape index (κ3) is 4.85. The molecule has 0 saturated carbocycles. The van der Waals surface area contributed by atoms with Crippen LogP contribution in [0.15, 0.2) is 23.1 Å². The number of hydrogen-bond acceptors (Lipinski definition) is 7. The Morgan fingerprint density at radius 1 is 1.26 bits per heavy atom. The van der Waals surface area contributed by atoms with E-state index in [4.69, 9.17) is 4.74 Å². The van der Waals surface area contributed by atoms with Crippen molar-refractivity contribution in [2.75, 3.05) is 13.1 Å². The summed E-state index contributed by atoms with van der Waals surface area (Å²) in [5.41, 5.74) is 0.270. The molecule has 0 saturated heterocycles. The van der Waals surface area contributed by atoms with E-state index >= 15 is 0 Å². The number of amides is 1. The highest BCUT2D eigenvalue weighted by Crippen LogP contribution is 2.20. The molecule has 0 aliphatic rings. The minimum atomic E-state index is -3.73. The van der Waals surface area contributed by atoms with Gasteiger partial charge in [-0.3, -0.25) is 0 Å². The molecular weight excluding hydrogens is 340 g/mol. The highest BCUT2D eigenvalue weighted by molar-refractivity contribution is 7.89. The van der Waals surface area contributed by atoms with E-state index in [0.717, 1.165) is 11.7 Å². The molecule has 1 aromatic heterocycles. The number of carbonyl (C=O) groups is 1. The smallest absolute Gasteiger partial charge is 0.407 e. The topological polar surface area (TPSA) is 110 Å². The van der Waals surface area contributed by atoms with Crippen LogP contribution < -0.4 is 10.0 Å². The van der Waals surface area contributed by atoms with Gasteiger partial charge in [-0.15, -0.1) is 0 Å². The largest absolute Gasteiger partial charge is 0.444 e. The van der Waals surface area contributed by atoms with Crippen molar-refractivity contribution >= 4 is 38.9 Å². The van der Waals surface area contributed by atoms with Crippen molar-refractivity contribution in [3.8, 4) is 0 Å². The van der Waals surface area contributed by atoms with Crippen molar-refractivity contribution < 1.29 is 17.9 Å². The lowest BCUT2D eigenvalue weighted by molar-refractivity contribution is 0.0529. The van der Waals surface area contributed by atoms with Gasteiger partial charge in [-0.25, -0.2) is 17.9 Å². The molecular formula is C13H18N4O4S2. The van der Waals surface area contributed by atoms with Crippen molar-refractivity contribution in [1.29, 1.82) is 0 Å². The molecule has 1 aromatic carbocycles. The molecule has 1 heterocycles. The van der Waals surface area contributed by atoms with Gasteiger partial charge in [-0.05, 0) is 32.9 Å². The molecule has 10 heteroatoms. The molecule has 2 aromatic rings. The van der Waals surface area contributed by atoms with Crippen molar-refractivity contribution in [2.45, 2.75) is 31.3 Å². The molecule has 0 bridgehead atoms. The fourth-order valence-corrected chi connectivity index (χ4v) is 3.54. The zero-order chi connectivity index (χ0) is 17.1. The molecule has 0 aliphatic carbocycles. The SMILES string of the molecule is CC(C)(C)OC(=O)NCCNS(=O)(=O)c1cccc2nsnc12. The standard InChI is InChI=1S/C13H18N4O4S2/c1-13(2,3)21-12(18)14-7-8-15-23(19,20)10-6-4-5-9-11(10)17-22-16-9/h4-6,15H,7-8H2,1-3H3,(H,14,18). The second-order valence-electron chi connectivity index (χ2n) is 5.71. The van der Waals surface area contributed by atoms with E-state index in [-0.39, 0.29) is 18.0 Å². The average molecular weight is 358 g/mol. The number of aromatic nitrogens is 2. The summed E-state index contributed by atoms with van der Waals surface area (Å²) in [5.74, 6) is 0. The Bertz CT molecular complexity index is 796. The van der Waals surface area contributed by atoms with Crippen molar-refractivity contribution in [2.24, 2.45) is 0 Å². The average Bonchev–Trinajstić information content (AvgIpc) is 2.89. The Hall–Kier alpha value is -1.78. The molecule has 0 radical (unpaired) electrons. The Morgan fingerprint density at radius 3 is 2.70 bits per heavy atom. The first-order chi connectivity index (χ1) is 10.7. The molecule has 0 spiro atoms. The van der Waals surface area contributed by atoms with Crippen LogP contribution in [0.1, 0.15) is 20.8 Å². The number of carbonyl (C=O) groups excluding carboxylic acids is 1. The normalized spacial score (nSPS) is 12.3. The minimum Gasteiger partial charge on any atom is -0.444 e. The lowest BCUT2D eigenvalue weighted by Gasteiger charge is -2.19. The summed E-state index contributed by atoms with van der Waals surface area (Å²) in [6.07, 6.45) is -0.595. The number of ether oxygens (including phenoxy) is 1. The van der Waals surface area contributed by atoms with Crippen LogP contribution >= 0.6 is 11.7 Å². The summed E-state index contributed by atoms with van der Waals surface area (Å²) in [5, 5.41) is 2.48. The summed E-state index contributed by atoms with van der Waals surface area (Å²) >= 11 is 0.955. The molecule has 0 unspecified atom stereocenters. The molecule has 8 nitrogen and oxygen atoms in total. The Labute approximate surface area is 138 Å². The van der Waals surface area contributed by atoms with Crippen molar-refractivity contribution in [3.63, 3.8) is 0 Å². The fraction of sp³-hybridized carbons (Fsp3) is 0.462. The molecule has 0 aliphatic heterocycles. The van der Waals surface area contributed by atoms with Crippen LogP contribution in [0, 0.1) is 0 Å². The van der Waals surface area contributed by atoms with E-state index < -0.39 is 21.7 Å². The van der Waals surface area contributed by atoms with E-state index in [1.165, 1.54) is 6.07 Å². The fourth-order valence-electron chi connectivity index (χ4n) is 1.74. The van der Waals surface area contributed by atoms with E-state index in [2.05, 4.69) is 18.8 Å². The monoisotopic (exact) mass is 358 g/mol. The maximum Gasteiger partial charge on any atom is 0.407 e. The first-order valence-corrected chi connectivity index (χ1v) is 9.08. The van der Waals surface area contributed by atoms with Crippen LogP contribution in [0.3, 0.4) is 0 Å². The highest BCUT2D eigenvalue weighted by atomic mass is 32.2. The molecule has 23 heavy (non-hydrogen) atoms. The van der Waals surface area contributed by atoms with Gasteiger partial charge in [0, 0.05) is 13.1 Å². The second-order valence-corrected chi connectivity index (χ2v) is 7.98. The maximum atomic E-state index is 12.3. The number of alkyl carbamates (subject to hydrolysis) is 1. The maximum absolute atomic E-state index is 12.3. The van der Waals surface area contributed by atoms with Gasteiger partial charge < -0.3 is 10.1 Å². The predicted octanol–water partition coefficient (Wildman–Crippen LogP) is 1.49. The number of rotatable bonds is 5. The van der Waals surface area contributed by atoms with Gasteiger partial charge >= 0.3 is 6.09 Å². The molecule has 126 valence electrons. The third-order valence-electron chi connectivity index (χ3n) is 2.62. The van der Waals surface area contributed by atoms with Gasteiger partial charge in [0.25, 0.3) is 0 Å². The Morgan fingerprint density at radius 2 is 2.00 bits per heavy atom. The quantitative estimate of drug-likeness (QED) is 0.784. The third-order valence-corrected chi connectivity index (χ3v) is 4.66. The highest BCUT2D eigenvalue weighted by Gasteiger charge is 2.19. The van der Waals surface area contributed by atoms with Crippen LogP contribution in [-0.4, -0.2) is 41.9 Å². The first-order valence-electron chi connectivity index (χ1n) is 6.87. The number of fused-ring (bicyclic) bond motifs is 1. The molecule has 2 rings (SSSR count). The van der Waals surface area contributed by atoms with E-state index in [1.807, 2.05) is 0 Å². The lowest BCUT2D eigenvalue weighted by Crippen LogP contribution is -2.37. The van der Waals surface area contributed by atoms with Crippen LogP contribution in [-0.2, 0) is 14.8 Å². The van der Waals surface area contributed by atoms with E-state index in [1.54, 1.807) is 32.9 Å². The number of benzene rings is 1. The van der Waals surface area contributed by atoms with Gasteiger partial charge in [0.05, 0.1) is 11.7 Å². The molecule has 0 atom stereocenters. The summed E-state index contributed by atoms with van der Waals surface area (Å²) in [6, 6.07) is 4.77. The van der Waals surface area contributed by atoms with Crippen LogP contribution in [0.4, 0.5) is 4.79 Å². The van der Waals surface area contributed by atoms with Gasteiger partial charge in [-0.1, -0.05) is 6.07 Å². The first kappa shape index (κ1) is 17.6. The number of hydrogen-bond donors (Lipinski definition) is 2. The minimum absolute atomic E-state index is 0.0372. The zero-order valence-corrected chi connectivity index (χ0v) is 14.6. The summed E-state index contributed by atoms with van der Waals surface area (Å²) in [7, 11) is -3.73. The second kappa shape index (κ2) is 6.77. The Kier molecular flexibility index (Phi) is 5.17. The van der Waals surface area contributed by atoms with Crippen molar-refractivity contribution in [3.05, 3.63) is 18.2 Å². The summed E-state index contributed by atoms with van der Waals surface area (Å²) in [4.78, 5) is 11.5. The predicted molar refractivity (Wildman–Crippen MR) is 86.8 cm³/mol. The number of nitrogens with zero attached hydrogens (tertiary/aromatic N) is 2. The lowest BCUT2D eigenvalue weighted by atomic mass is 10.2. The van der Waals surface area contributed by atoms with Gasteiger partial charge in [0.1, 0.15) is 21.5 Å². The number of sulfonamides is 1. The Balaban J connectivity index is 1.93. The van der Waals surface area contributed by atoms with E-state index in [9.17, 15) is 13.2 Å². The molecule has 0 fully saturated rings. The van der Waals surface area contributed by atoms with Gasteiger partial charge in [0.2, 0.25) is 10.0 Å². The molecule has 2 N–H and O–H groups in total.